The number of aryl methyl sites for hydroxylation is 2. The van der Waals surface area contributed by atoms with E-state index >= 15 is 0 Å². The average Bonchev–Trinajstić information content (AvgIpc) is 2.97. The normalized spacial score (nSPS) is 27.4. The molecule has 108 valence electrons. The van der Waals surface area contributed by atoms with E-state index in [1.54, 1.807) is 0 Å². The van der Waals surface area contributed by atoms with Crippen molar-refractivity contribution in [3.63, 3.8) is 0 Å². The van der Waals surface area contributed by atoms with Gasteiger partial charge in [0.15, 0.2) is 5.11 Å². The fourth-order valence-electron chi connectivity index (χ4n) is 3.52. The molecule has 0 saturated heterocycles. The molecule has 2 aliphatic rings. The van der Waals surface area contributed by atoms with Gasteiger partial charge >= 0.3 is 0 Å². The molecule has 3 N–H and O–H groups in total. The van der Waals surface area contributed by atoms with Crippen LogP contribution in [0.25, 0.3) is 0 Å². The van der Waals surface area contributed by atoms with Gasteiger partial charge < -0.3 is 5.32 Å². The number of hydrazine groups is 1. The Morgan fingerprint density at radius 2 is 1.95 bits per heavy atom. The van der Waals surface area contributed by atoms with Crippen LogP contribution in [0.1, 0.15) is 37.1 Å². The zero-order chi connectivity index (χ0) is 14.1. The summed E-state index contributed by atoms with van der Waals surface area (Å²) >= 11 is 5.33. The lowest BCUT2D eigenvalue weighted by molar-refractivity contribution is 0.390. The van der Waals surface area contributed by atoms with Crippen LogP contribution in [0.5, 0.6) is 0 Å². The van der Waals surface area contributed by atoms with E-state index in [0.717, 1.165) is 23.2 Å². The van der Waals surface area contributed by atoms with E-state index in [-0.39, 0.29) is 0 Å². The summed E-state index contributed by atoms with van der Waals surface area (Å²) in [5.41, 5.74) is 7.83. The molecule has 3 atom stereocenters. The smallest absolute Gasteiger partial charge is 0.242 e. The molecule has 2 bridgehead atoms. The molecule has 3 unspecified atom stereocenters. The number of thiocarbonyl (C=S) groups is 1. The maximum atomic E-state index is 5.33. The summed E-state index contributed by atoms with van der Waals surface area (Å²) in [6.07, 6.45) is 5.37. The summed E-state index contributed by atoms with van der Waals surface area (Å²) in [5.74, 6) is 2.27. The molecule has 20 heavy (non-hydrogen) atoms. The van der Waals surface area contributed by atoms with Crippen LogP contribution < -0.4 is 16.2 Å². The summed E-state index contributed by atoms with van der Waals surface area (Å²) in [6, 6.07) is 2.48. The summed E-state index contributed by atoms with van der Waals surface area (Å²) in [4.78, 5) is 8.61. The predicted octanol–water partition coefficient (Wildman–Crippen LogP) is 2.07. The summed E-state index contributed by atoms with van der Waals surface area (Å²) < 4.78 is 0. The molecule has 0 aliphatic heterocycles. The van der Waals surface area contributed by atoms with Gasteiger partial charge in [0, 0.05) is 17.4 Å². The van der Waals surface area contributed by atoms with Gasteiger partial charge in [-0.3, -0.25) is 10.9 Å². The number of hydrogen-bond acceptors (Lipinski definition) is 4. The van der Waals surface area contributed by atoms with Crippen LogP contribution in [0.2, 0.25) is 0 Å². The Balaban J connectivity index is 1.49. The molecule has 2 aliphatic carbocycles. The first kappa shape index (κ1) is 13.5. The number of nitrogens with one attached hydrogen (secondary N) is 3. The Morgan fingerprint density at radius 1 is 1.20 bits per heavy atom. The predicted molar refractivity (Wildman–Crippen MR) is 83.2 cm³/mol. The molecule has 2 saturated carbocycles. The Bertz CT molecular complexity index is 498. The van der Waals surface area contributed by atoms with Crippen LogP contribution in [0.15, 0.2) is 6.07 Å². The third-order valence-corrected chi connectivity index (χ3v) is 4.54. The van der Waals surface area contributed by atoms with Gasteiger partial charge in [0.25, 0.3) is 0 Å². The van der Waals surface area contributed by atoms with Crippen molar-refractivity contribution in [2.24, 2.45) is 11.8 Å². The molecule has 1 heterocycles. The van der Waals surface area contributed by atoms with E-state index in [0.29, 0.717) is 17.1 Å². The third-order valence-electron chi connectivity index (χ3n) is 4.32. The lowest BCUT2D eigenvalue weighted by Crippen LogP contribution is -2.46. The van der Waals surface area contributed by atoms with Crippen molar-refractivity contribution in [1.82, 2.24) is 20.7 Å². The Hall–Kier alpha value is -1.43. The molecule has 1 aromatic heterocycles. The first-order valence-corrected chi connectivity index (χ1v) is 7.66. The molecular weight excluding hydrogens is 270 g/mol. The van der Waals surface area contributed by atoms with Gasteiger partial charge in [0.05, 0.1) is 0 Å². The first-order valence-electron chi connectivity index (χ1n) is 7.25. The van der Waals surface area contributed by atoms with Crippen molar-refractivity contribution >= 4 is 23.3 Å². The van der Waals surface area contributed by atoms with Gasteiger partial charge in [-0.1, -0.05) is 6.42 Å². The fourth-order valence-corrected chi connectivity index (χ4v) is 3.72. The molecule has 0 amide bonds. The van der Waals surface area contributed by atoms with Crippen molar-refractivity contribution < 1.29 is 0 Å². The zero-order valence-electron chi connectivity index (χ0n) is 11.9. The molecule has 2 fully saturated rings. The van der Waals surface area contributed by atoms with Crippen LogP contribution >= 0.6 is 12.2 Å². The Kier molecular flexibility index (Phi) is 3.74. The van der Waals surface area contributed by atoms with Crippen molar-refractivity contribution in [2.45, 2.75) is 45.6 Å². The number of rotatable bonds is 3. The maximum Gasteiger partial charge on any atom is 0.242 e. The molecule has 3 rings (SSSR count). The quantitative estimate of drug-likeness (QED) is 0.585. The molecular formula is C14H21N5S. The SMILES string of the molecule is Cc1cc(C)nc(NNC(=S)NC2CC3CCC2C3)n1. The van der Waals surface area contributed by atoms with Gasteiger partial charge in [-0.15, -0.1) is 0 Å². The van der Waals surface area contributed by atoms with Crippen LogP contribution in [0, 0.1) is 25.7 Å². The van der Waals surface area contributed by atoms with Crippen molar-refractivity contribution in [3.05, 3.63) is 17.5 Å². The van der Waals surface area contributed by atoms with Crippen LogP contribution in [-0.4, -0.2) is 21.1 Å². The zero-order valence-corrected chi connectivity index (χ0v) is 12.8. The molecule has 6 heteroatoms. The highest BCUT2D eigenvalue weighted by Crippen LogP contribution is 2.44. The lowest BCUT2D eigenvalue weighted by Gasteiger charge is -2.24. The minimum absolute atomic E-state index is 0.538. The molecule has 0 spiro atoms. The Morgan fingerprint density at radius 3 is 2.55 bits per heavy atom. The number of nitrogens with zero attached hydrogens (tertiary/aromatic N) is 2. The van der Waals surface area contributed by atoms with Gasteiger partial charge in [0.1, 0.15) is 0 Å². The van der Waals surface area contributed by atoms with E-state index < -0.39 is 0 Å². The highest BCUT2D eigenvalue weighted by atomic mass is 32.1. The van der Waals surface area contributed by atoms with Gasteiger partial charge in [-0.25, -0.2) is 9.97 Å². The standard InChI is InChI=1S/C14H21N5S/c1-8-5-9(2)16-13(15-8)18-19-14(20)17-12-7-10-3-4-11(12)6-10/h5,10-12H,3-4,6-7H2,1-2H3,(H,15,16,18)(H2,17,19,20). The van der Waals surface area contributed by atoms with Gasteiger partial charge in [-0.05, 0) is 63.2 Å². The van der Waals surface area contributed by atoms with Crippen molar-refractivity contribution in [3.8, 4) is 0 Å². The minimum Gasteiger partial charge on any atom is -0.358 e. The summed E-state index contributed by atoms with van der Waals surface area (Å²) in [5, 5.41) is 4.04. The number of hydrogen-bond donors (Lipinski definition) is 3. The van der Waals surface area contributed by atoms with Crippen LogP contribution in [0.3, 0.4) is 0 Å². The van der Waals surface area contributed by atoms with E-state index in [9.17, 15) is 0 Å². The molecule has 5 nitrogen and oxygen atoms in total. The van der Waals surface area contributed by atoms with E-state index in [1.165, 1.54) is 25.7 Å². The third kappa shape index (κ3) is 3.00. The molecule has 1 aromatic rings. The second kappa shape index (κ2) is 5.52. The number of aromatic nitrogens is 2. The second-order valence-electron chi connectivity index (χ2n) is 5.98. The summed E-state index contributed by atoms with van der Waals surface area (Å²) in [6.45, 7) is 3.90. The van der Waals surface area contributed by atoms with Crippen LogP contribution in [0.4, 0.5) is 5.95 Å². The number of anilines is 1. The highest BCUT2D eigenvalue weighted by molar-refractivity contribution is 7.80. The Labute approximate surface area is 124 Å². The maximum absolute atomic E-state index is 5.33. The first-order chi connectivity index (χ1) is 9.60. The topological polar surface area (TPSA) is 61.9 Å². The number of fused-ring (bicyclic) bond motifs is 2. The van der Waals surface area contributed by atoms with E-state index in [4.69, 9.17) is 12.2 Å². The average molecular weight is 291 g/mol. The molecule has 0 radical (unpaired) electrons. The minimum atomic E-state index is 0.538. The van der Waals surface area contributed by atoms with E-state index in [2.05, 4.69) is 26.1 Å². The second-order valence-corrected chi connectivity index (χ2v) is 6.39. The van der Waals surface area contributed by atoms with Crippen molar-refractivity contribution in [1.29, 1.82) is 0 Å². The summed E-state index contributed by atoms with van der Waals surface area (Å²) in [7, 11) is 0. The van der Waals surface area contributed by atoms with Gasteiger partial charge in [-0.2, -0.15) is 0 Å². The molecule has 0 aromatic carbocycles. The highest BCUT2D eigenvalue weighted by Gasteiger charge is 2.39. The monoisotopic (exact) mass is 291 g/mol. The fraction of sp³-hybridized carbons (Fsp3) is 0.643. The largest absolute Gasteiger partial charge is 0.358 e. The van der Waals surface area contributed by atoms with E-state index in [1.807, 2.05) is 19.9 Å². The lowest BCUT2D eigenvalue weighted by atomic mass is 9.96. The van der Waals surface area contributed by atoms with Crippen LogP contribution in [-0.2, 0) is 0 Å². The van der Waals surface area contributed by atoms with Gasteiger partial charge in [0.2, 0.25) is 5.95 Å². The van der Waals surface area contributed by atoms with Crippen molar-refractivity contribution in [2.75, 3.05) is 5.43 Å².